The summed E-state index contributed by atoms with van der Waals surface area (Å²) in [7, 11) is 0. The zero-order valence-electron chi connectivity index (χ0n) is 28.1. The Bertz CT molecular complexity index is 1620. The number of nitrogens with one attached hydrogen (secondary N) is 3. The Kier molecular flexibility index (Phi) is 12.2. The van der Waals surface area contributed by atoms with Gasteiger partial charge in [0.05, 0.1) is 11.9 Å². The molecule has 256 valence electrons. The minimum atomic E-state index is -1.69. The molecule has 48 heavy (non-hydrogen) atoms. The maximum atomic E-state index is 13.9. The van der Waals surface area contributed by atoms with Crippen LogP contribution in [0, 0.1) is 5.92 Å². The van der Waals surface area contributed by atoms with Gasteiger partial charge in [-0.15, -0.1) is 11.8 Å². The highest BCUT2D eigenvalue weighted by Gasteiger charge is 2.43. The normalized spacial score (nSPS) is 17.2. The van der Waals surface area contributed by atoms with Crippen molar-refractivity contribution in [2.24, 2.45) is 5.92 Å². The number of pyridine rings is 1. The third kappa shape index (κ3) is 9.35. The number of hydrogen-bond donors (Lipinski definition) is 4. The topological polar surface area (TPSA) is 150 Å². The number of aliphatic hydroxyl groups is 1. The minimum Gasteiger partial charge on any atom is -0.483 e. The fourth-order valence-electron chi connectivity index (χ4n) is 5.40. The standard InChI is InChI=1S/C36H45N5O6S/c1-7-22(2)30(39-29(42)20-47-28-15-11-14-25-19-37-17-16-26(25)28)33(44)38-27(18-24-12-9-8-10-13-24)32(43)35(46)41-21-48-23(3)31(41)34(45)40-36(4,5)6/h8-17,19,22,27,30-32,43H,3,7,18,20-21H2,1-2,4-6H3,(H,38,44)(H,39,42)(H,40,45)/t22?,27-,30-,31-,32-/m0/s1. The van der Waals surface area contributed by atoms with Gasteiger partial charge < -0.3 is 30.7 Å². The van der Waals surface area contributed by atoms with Crippen LogP contribution < -0.4 is 20.7 Å². The van der Waals surface area contributed by atoms with Gasteiger partial charge in [0.1, 0.15) is 17.8 Å². The Morgan fingerprint density at radius 3 is 2.50 bits per heavy atom. The van der Waals surface area contributed by atoms with E-state index in [9.17, 15) is 24.3 Å². The first-order valence-corrected chi connectivity index (χ1v) is 17.0. The Labute approximate surface area is 285 Å². The van der Waals surface area contributed by atoms with Gasteiger partial charge in [0.15, 0.2) is 12.7 Å². The van der Waals surface area contributed by atoms with Crippen LogP contribution in [-0.4, -0.2) is 80.9 Å². The first-order valence-electron chi connectivity index (χ1n) is 16.0. The highest BCUT2D eigenvalue weighted by atomic mass is 32.2. The summed E-state index contributed by atoms with van der Waals surface area (Å²) in [4.78, 5) is 59.9. The molecule has 1 unspecified atom stereocenters. The van der Waals surface area contributed by atoms with E-state index >= 15 is 0 Å². The van der Waals surface area contributed by atoms with Crippen molar-refractivity contribution in [1.82, 2.24) is 25.8 Å². The van der Waals surface area contributed by atoms with Crippen molar-refractivity contribution in [3.05, 3.63) is 84.0 Å². The van der Waals surface area contributed by atoms with Crippen LogP contribution in [0.3, 0.4) is 0 Å². The van der Waals surface area contributed by atoms with Crippen LogP contribution in [0.25, 0.3) is 10.8 Å². The predicted molar refractivity (Wildman–Crippen MR) is 187 cm³/mol. The fraction of sp³-hybridized carbons (Fsp3) is 0.417. The number of carbonyl (C=O) groups is 4. The van der Waals surface area contributed by atoms with Crippen molar-refractivity contribution in [1.29, 1.82) is 0 Å². The van der Waals surface area contributed by atoms with Crippen LogP contribution in [0.2, 0.25) is 0 Å². The van der Waals surface area contributed by atoms with Crippen LogP contribution in [0.15, 0.2) is 78.5 Å². The number of rotatable bonds is 13. The summed E-state index contributed by atoms with van der Waals surface area (Å²) in [5.41, 5.74) is 0.230. The van der Waals surface area contributed by atoms with Crippen LogP contribution in [0.5, 0.6) is 5.75 Å². The van der Waals surface area contributed by atoms with Gasteiger partial charge in [0.2, 0.25) is 11.8 Å². The molecule has 1 saturated heterocycles. The van der Waals surface area contributed by atoms with E-state index < -0.39 is 53.4 Å². The Morgan fingerprint density at radius 2 is 1.81 bits per heavy atom. The number of ether oxygens (including phenoxy) is 1. The van der Waals surface area contributed by atoms with Gasteiger partial charge in [-0.2, -0.15) is 0 Å². The highest BCUT2D eigenvalue weighted by molar-refractivity contribution is 8.03. The summed E-state index contributed by atoms with van der Waals surface area (Å²) in [5.74, 6) is -1.81. The second-order valence-corrected chi connectivity index (χ2v) is 14.1. The number of thioether (sulfide) groups is 1. The van der Waals surface area contributed by atoms with Crippen LogP contribution in [0.4, 0.5) is 0 Å². The van der Waals surface area contributed by atoms with Crippen molar-refractivity contribution in [3.63, 3.8) is 0 Å². The molecule has 5 atom stereocenters. The number of amides is 4. The number of fused-ring (bicyclic) bond motifs is 1. The molecule has 4 N–H and O–H groups in total. The number of aromatic nitrogens is 1. The van der Waals surface area contributed by atoms with Crippen LogP contribution >= 0.6 is 11.8 Å². The fourth-order valence-corrected chi connectivity index (χ4v) is 6.37. The lowest BCUT2D eigenvalue weighted by atomic mass is 9.95. The van der Waals surface area contributed by atoms with Gasteiger partial charge in [0, 0.05) is 33.6 Å². The van der Waals surface area contributed by atoms with Crippen LogP contribution in [-0.2, 0) is 25.6 Å². The summed E-state index contributed by atoms with van der Waals surface area (Å²) >= 11 is 1.25. The molecule has 12 heteroatoms. The summed E-state index contributed by atoms with van der Waals surface area (Å²) in [6.45, 7) is 12.9. The smallest absolute Gasteiger partial charge is 0.258 e. The van der Waals surface area contributed by atoms with Crippen molar-refractivity contribution in [2.45, 2.75) is 77.2 Å². The van der Waals surface area contributed by atoms with Gasteiger partial charge in [-0.3, -0.25) is 24.2 Å². The first kappa shape index (κ1) is 36.4. The summed E-state index contributed by atoms with van der Waals surface area (Å²) in [5, 5.41) is 21.7. The molecular formula is C36H45N5O6S. The molecule has 2 aromatic carbocycles. The molecule has 1 aliphatic rings. The second kappa shape index (κ2) is 16.1. The van der Waals surface area contributed by atoms with Crippen molar-refractivity contribution in [3.8, 4) is 5.75 Å². The molecule has 1 aromatic heterocycles. The summed E-state index contributed by atoms with van der Waals surface area (Å²) in [6, 6.07) is 13.4. The Morgan fingerprint density at radius 1 is 1.08 bits per heavy atom. The quantitative estimate of drug-likeness (QED) is 0.215. The monoisotopic (exact) mass is 675 g/mol. The van der Waals surface area contributed by atoms with E-state index in [1.54, 1.807) is 24.5 Å². The average Bonchev–Trinajstić information content (AvgIpc) is 3.45. The SMILES string of the molecule is C=C1SCN(C(=O)[C@@H](O)[C@H](Cc2ccccc2)NC(=O)[C@@H](NC(=O)COc2cccc3cnccc23)C(C)CC)[C@@H]1C(=O)NC(C)(C)C. The third-order valence-electron chi connectivity index (χ3n) is 8.11. The van der Waals surface area contributed by atoms with E-state index in [1.165, 1.54) is 16.7 Å². The molecule has 3 aromatic rings. The largest absolute Gasteiger partial charge is 0.483 e. The summed E-state index contributed by atoms with van der Waals surface area (Å²) in [6.07, 6.45) is 2.35. The zero-order chi connectivity index (χ0) is 35.0. The molecule has 0 bridgehead atoms. The molecule has 1 fully saturated rings. The molecule has 0 radical (unpaired) electrons. The maximum absolute atomic E-state index is 13.9. The molecule has 4 rings (SSSR count). The van der Waals surface area contributed by atoms with Crippen molar-refractivity contribution in [2.75, 3.05) is 12.5 Å². The van der Waals surface area contributed by atoms with E-state index in [2.05, 4.69) is 27.5 Å². The first-order chi connectivity index (χ1) is 22.8. The van der Waals surface area contributed by atoms with Gasteiger partial charge in [-0.25, -0.2) is 0 Å². The lowest BCUT2D eigenvalue weighted by molar-refractivity contribution is -0.146. The Balaban J connectivity index is 1.51. The number of nitrogens with zero attached hydrogens (tertiary/aromatic N) is 2. The molecule has 0 saturated carbocycles. The van der Waals surface area contributed by atoms with Gasteiger partial charge in [-0.05, 0) is 50.8 Å². The van der Waals surface area contributed by atoms with E-state index in [4.69, 9.17) is 4.74 Å². The number of carbonyl (C=O) groups excluding carboxylic acids is 4. The van der Waals surface area contributed by atoms with E-state index in [-0.39, 0.29) is 24.8 Å². The van der Waals surface area contributed by atoms with E-state index in [0.29, 0.717) is 17.1 Å². The lowest BCUT2D eigenvalue weighted by Crippen LogP contribution is -2.60. The van der Waals surface area contributed by atoms with Crippen molar-refractivity contribution >= 4 is 46.2 Å². The van der Waals surface area contributed by atoms with Gasteiger partial charge >= 0.3 is 0 Å². The molecule has 0 aliphatic carbocycles. The molecule has 2 heterocycles. The lowest BCUT2D eigenvalue weighted by Gasteiger charge is -2.32. The van der Waals surface area contributed by atoms with E-state index in [0.717, 1.165) is 16.3 Å². The second-order valence-electron chi connectivity index (χ2n) is 13.0. The van der Waals surface area contributed by atoms with Crippen molar-refractivity contribution < 1.29 is 29.0 Å². The Hall–Kier alpha value is -4.42. The summed E-state index contributed by atoms with van der Waals surface area (Å²) < 4.78 is 5.83. The van der Waals surface area contributed by atoms with Gasteiger partial charge in [-0.1, -0.05) is 69.3 Å². The number of aliphatic hydroxyl groups excluding tert-OH is 1. The molecule has 4 amide bonds. The number of hydrogen-bond acceptors (Lipinski definition) is 8. The minimum absolute atomic E-state index is 0.125. The highest BCUT2D eigenvalue weighted by Crippen LogP contribution is 2.33. The molecule has 11 nitrogen and oxygen atoms in total. The zero-order valence-corrected chi connectivity index (χ0v) is 28.9. The molecule has 0 spiro atoms. The maximum Gasteiger partial charge on any atom is 0.258 e. The molecular weight excluding hydrogens is 630 g/mol. The van der Waals surface area contributed by atoms with Gasteiger partial charge in [0.25, 0.3) is 11.8 Å². The molecule has 1 aliphatic heterocycles. The average molecular weight is 676 g/mol. The number of benzene rings is 2. The predicted octanol–water partition coefficient (Wildman–Crippen LogP) is 3.56. The third-order valence-corrected chi connectivity index (χ3v) is 9.11. The van der Waals surface area contributed by atoms with Crippen LogP contribution in [0.1, 0.15) is 46.6 Å². The van der Waals surface area contributed by atoms with E-state index in [1.807, 2.05) is 77.1 Å².